The summed E-state index contributed by atoms with van der Waals surface area (Å²) >= 11 is 5.36. The highest BCUT2D eigenvalue weighted by Crippen LogP contribution is 2.45. The van der Waals surface area contributed by atoms with Gasteiger partial charge in [0.25, 0.3) is 0 Å². The van der Waals surface area contributed by atoms with Gasteiger partial charge in [-0.2, -0.15) is 0 Å². The van der Waals surface area contributed by atoms with Gasteiger partial charge in [0.2, 0.25) is 5.91 Å². The lowest BCUT2D eigenvalue weighted by atomic mass is 9.75. The van der Waals surface area contributed by atoms with Gasteiger partial charge in [0.1, 0.15) is 22.4 Å². The predicted molar refractivity (Wildman–Crippen MR) is 110 cm³/mol. The maximum absolute atomic E-state index is 13.6. The molecule has 0 aliphatic carbocycles. The van der Waals surface area contributed by atoms with Gasteiger partial charge in [0, 0.05) is 30.0 Å². The number of amides is 1. The number of para-hydroxylation sites is 1. The average molecular weight is 419 g/mol. The molecule has 0 saturated heterocycles. The number of ether oxygens (including phenoxy) is 1. The lowest BCUT2D eigenvalue weighted by molar-refractivity contribution is -0.143. The van der Waals surface area contributed by atoms with E-state index in [1.165, 1.54) is 11.9 Å². The van der Waals surface area contributed by atoms with E-state index in [0.29, 0.717) is 25.3 Å². The summed E-state index contributed by atoms with van der Waals surface area (Å²) in [6, 6.07) is 10.5. The van der Waals surface area contributed by atoms with Crippen molar-refractivity contribution in [3.05, 3.63) is 65.2 Å². The highest BCUT2D eigenvalue weighted by molar-refractivity contribution is 7.80. The van der Waals surface area contributed by atoms with Crippen LogP contribution in [0.1, 0.15) is 31.4 Å². The minimum absolute atomic E-state index is 0.0373. The molecule has 2 atom stereocenters. The van der Waals surface area contributed by atoms with E-state index in [9.17, 15) is 13.6 Å². The number of carbonyl (C=O) groups excluding carboxylic acids is 1. The van der Waals surface area contributed by atoms with Gasteiger partial charge in [-0.25, -0.2) is 13.8 Å². The molecule has 0 aromatic heterocycles. The number of fused-ring (bicyclic) bond motifs is 1. The zero-order valence-corrected chi connectivity index (χ0v) is 17.1. The van der Waals surface area contributed by atoms with E-state index in [-0.39, 0.29) is 22.4 Å². The number of nitrogens with two attached hydrogens (primary N) is 1. The maximum Gasteiger partial charge on any atom is 0.238 e. The van der Waals surface area contributed by atoms with Gasteiger partial charge in [-0.05, 0) is 38.1 Å². The van der Waals surface area contributed by atoms with Crippen LogP contribution in [0.2, 0.25) is 0 Å². The number of nitrogens with one attached hydrogen (secondary N) is 1. The van der Waals surface area contributed by atoms with E-state index in [0.717, 1.165) is 23.8 Å². The third-order valence-corrected chi connectivity index (χ3v) is 5.63. The summed E-state index contributed by atoms with van der Waals surface area (Å²) in [7, 11) is 0. The van der Waals surface area contributed by atoms with Crippen LogP contribution in [0, 0.1) is 17.6 Å². The number of carbonyl (C=O) groups is 1. The van der Waals surface area contributed by atoms with Gasteiger partial charge in [0.15, 0.2) is 0 Å². The smallest absolute Gasteiger partial charge is 0.238 e. The molecule has 1 heterocycles. The van der Waals surface area contributed by atoms with E-state index in [1.54, 1.807) is 0 Å². The van der Waals surface area contributed by atoms with E-state index in [1.807, 2.05) is 31.2 Å². The van der Waals surface area contributed by atoms with Crippen molar-refractivity contribution < 1.29 is 18.3 Å². The Labute approximate surface area is 173 Å². The Hall–Kier alpha value is -2.58. The van der Waals surface area contributed by atoms with Crippen LogP contribution >= 0.6 is 12.2 Å². The molecule has 2 aromatic rings. The Bertz CT molecular complexity index is 920. The lowest BCUT2D eigenvalue weighted by Gasteiger charge is -2.49. The average Bonchev–Trinajstić information content (AvgIpc) is 2.67. The molecule has 5 nitrogen and oxygen atoms in total. The molecule has 154 valence electrons. The van der Waals surface area contributed by atoms with Crippen LogP contribution < -0.4 is 15.9 Å². The van der Waals surface area contributed by atoms with Crippen molar-refractivity contribution in [2.24, 2.45) is 11.7 Å². The Balaban J connectivity index is 2.03. The van der Waals surface area contributed by atoms with Gasteiger partial charge >= 0.3 is 0 Å². The Morgan fingerprint density at radius 1 is 1.31 bits per heavy atom. The molecule has 0 fully saturated rings. The number of hydrogen-bond donors (Lipinski definition) is 2. The van der Waals surface area contributed by atoms with E-state index < -0.39 is 17.2 Å². The van der Waals surface area contributed by atoms with Gasteiger partial charge in [0.05, 0.1) is 12.1 Å². The molecule has 1 aliphatic rings. The van der Waals surface area contributed by atoms with Crippen molar-refractivity contribution in [2.75, 3.05) is 13.2 Å². The van der Waals surface area contributed by atoms with E-state index in [2.05, 4.69) is 5.43 Å². The van der Waals surface area contributed by atoms with Crippen molar-refractivity contribution in [1.29, 1.82) is 0 Å². The van der Waals surface area contributed by atoms with Crippen molar-refractivity contribution in [3.63, 3.8) is 0 Å². The van der Waals surface area contributed by atoms with Crippen LogP contribution in [0.5, 0.6) is 5.75 Å². The Morgan fingerprint density at radius 2 is 1.97 bits per heavy atom. The van der Waals surface area contributed by atoms with Crippen LogP contribution in [0.15, 0.2) is 42.5 Å². The first-order chi connectivity index (χ1) is 13.8. The fraction of sp³-hybridized carbons (Fsp3) is 0.333. The summed E-state index contributed by atoms with van der Waals surface area (Å²) in [6.45, 7) is 4.11. The second-order valence-electron chi connectivity index (χ2n) is 7.18. The number of benzene rings is 2. The molecule has 3 N–H and O–H groups in total. The molecule has 0 unspecified atom stereocenters. The number of nitrogens with zero attached hydrogens (tertiary/aromatic N) is 1. The third kappa shape index (κ3) is 4.09. The van der Waals surface area contributed by atoms with Crippen LogP contribution in [0.25, 0.3) is 0 Å². The van der Waals surface area contributed by atoms with Crippen molar-refractivity contribution in [2.45, 2.75) is 25.8 Å². The summed E-state index contributed by atoms with van der Waals surface area (Å²) in [5, 5.41) is 1.42. The SMILES string of the molecule is CC(=O)N(NC(=S)c1cc(F)cc(F)c1)[C@]1(C)c2ccccc2OC[C@H]1CCN. The molecule has 2 aromatic carbocycles. The first kappa shape index (κ1) is 21.1. The summed E-state index contributed by atoms with van der Waals surface area (Å²) in [4.78, 5) is 12.7. The maximum atomic E-state index is 13.6. The fourth-order valence-corrected chi connectivity index (χ4v) is 4.03. The van der Waals surface area contributed by atoms with Gasteiger partial charge in [-0.3, -0.25) is 10.2 Å². The molecular weight excluding hydrogens is 396 g/mol. The van der Waals surface area contributed by atoms with E-state index >= 15 is 0 Å². The number of hydrazine groups is 1. The molecular formula is C21H23F2N3O2S. The summed E-state index contributed by atoms with van der Waals surface area (Å²) in [6.07, 6.45) is 0.609. The molecule has 0 spiro atoms. The predicted octanol–water partition coefficient (Wildman–Crippen LogP) is 3.27. The Kier molecular flexibility index (Phi) is 6.14. The minimum Gasteiger partial charge on any atom is -0.493 e. The molecule has 1 amide bonds. The summed E-state index contributed by atoms with van der Waals surface area (Å²) < 4.78 is 33.2. The summed E-state index contributed by atoms with van der Waals surface area (Å²) in [5.74, 6) is -1.25. The molecule has 29 heavy (non-hydrogen) atoms. The van der Waals surface area contributed by atoms with Gasteiger partial charge in [-0.15, -0.1) is 0 Å². The number of halogens is 2. The highest BCUT2D eigenvalue weighted by Gasteiger charge is 2.47. The van der Waals surface area contributed by atoms with Gasteiger partial charge in [-0.1, -0.05) is 30.4 Å². The highest BCUT2D eigenvalue weighted by atomic mass is 32.1. The molecule has 0 saturated carbocycles. The van der Waals surface area contributed by atoms with Crippen molar-refractivity contribution >= 4 is 23.1 Å². The monoisotopic (exact) mass is 419 g/mol. The van der Waals surface area contributed by atoms with Crippen LogP contribution in [-0.2, 0) is 10.3 Å². The van der Waals surface area contributed by atoms with Crippen LogP contribution in [-0.4, -0.2) is 29.1 Å². The van der Waals surface area contributed by atoms with Crippen molar-refractivity contribution in [1.82, 2.24) is 10.4 Å². The topological polar surface area (TPSA) is 67.6 Å². The van der Waals surface area contributed by atoms with Gasteiger partial charge < -0.3 is 10.5 Å². The number of rotatable bonds is 4. The van der Waals surface area contributed by atoms with Crippen LogP contribution in [0.4, 0.5) is 8.78 Å². The normalized spacial score (nSPS) is 20.4. The fourth-order valence-electron chi connectivity index (χ4n) is 3.82. The first-order valence-corrected chi connectivity index (χ1v) is 9.68. The number of thiocarbonyl (C=S) groups is 1. The van der Waals surface area contributed by atoms with Crippen LogP contribution in [0.3, 0.4) is 0 Å². The molecule has 8 heteroatoms. The quantitative estimate of drug-likeness (QED) is 0.588. The minimum atomic E-state index is -0.837. The third-order valence-electron chi connectivity index (χ3n) is 5.30. The lowest BCUT2D eigenvalue weighted by Crippen LogP contribution is -2.61. The number of hydrogen-bond acceptors (Lipinski definition) is 4. The Morgan fingerprint density at radius 3 is 2.59 bits per heavy atom. The second kappa shape index (κ2) is 8.42. The van der Waals surface area contributed by atoms with Crippen molar-refractivity contribution in [3.8, 4) is 5.75 Å². The zero-order valence-electron chi connectivity index (χ0n) is 16.2. The summed E-state index contributed by atoms with van der Waals surface area (Å²) in [5.41, 5.74) is 8.84. The first-order valence-electron chi connectivity index (χ1n) is 9.27. The standard InChI is InChI=1S/C21H23F2N3O2S/c1-13(27)26(25-20(29)14-9-16(22)11-17(23)10-14)21(2)15(7-8-24)12-28-19-6-4-3-5-18(19)21/h3-6,9-11,15H,7-8,12,24H2,1-2H3,(H,25,29)/t15-,21+/m1/s1. The molecule has 3 rings (SSSR count). The van der Waals surface area contributed by atoms with E-state index in [4.69, 9.17) is 22.7 Å². The molecule has 0 bridgehead atoms. The molecule has 0 radical (unpaired) electrons. The largest absolute Gasteiger partial charge is 0.493 e. The second-order valence-corrected chi connectivity index (χ2v) is 7.59. The zero-order chi connectivity index (χ0) is 21.2. The molecule has 1 aliphatic heterocycles.